The molecule has 6 nitrogen and oxygen atoms in total. The highest BCUT2D eigenvalue weighted by Crippen LogP contribution is 2.29. The number of carbonyl (C=O) groups excluding carboxylic acids is 1. The lowest BCUT2D eigenvalue weighted by atomic mass is 9.86. The third-order valence-electron chi connectivity index (χ3n) is 4.58. The summed E-state index contributed by atoms with van der Waals surface area (Å²) in [7, 11) is 0. The largest absolute Gasteiger partial charge is 0.469 e. The molecule has 2 aromatic rings. The van der Waals surface area contributed by atoms with Gasteiger partial charge in [-0.05, 0) is 38.7 Å². The van der Waals surface area contributed by atoms with Crippen LogP contribution < -0.4 is 5.32 Å². The molecule has 7 heteroatoms. The van der Waals surface area contributed by atoms with E-state index >= 15 is 0 Å². The Balaban J connectivity index is 1.58. The number of thioether (sulfide) groups is 1. The molecule has 1 aliphatic rings. The number of carbonyl (C=O) groups is 1. The van der Waals surface area contributed by atoms with Crippen LogP contribution in [0.5, 0.6) is 0 Å². The minimum absolute atomic E-state index is 0.0259. The van der Waals surface area contributed by atoms with E-state index in [9.17, 15) is 4.79 Å². The van der Waals surface area contributed by atoms with E-state index in [1.54, 1.807) is 12.3 Å². The number of hydrogen-bond donors (Lipinski definition) is 1. The topological polar surface area (TPSA) is 81.2 Å². The van der Waals surface area contributed by atoms with Gasteiger partial charge >= 0.3 is 0 Å². The van der Waals surface area contributed by atoms with Crippen molar-refractivity contribution in [1.82, 2.24) is 15.5 Å². The van der Waals surface area contributed by atoms with Gasteiger partial charge in [0.2, 0.25) is 5.91 Å². The van der Waals surface area contributed by atoms with Crippen molar-refractivity contribution in [2.24, 2.45) is 5.92 Å². The molecule has 2 aromatic heterocycles. The first kappa shape index (κ1) is 17.1. The first-order valence-corrected chi connectivity index (χ1v) is 9.27. The predicted octanol–water partition coefficient (Wildman–Crippen LogP) is 3.81. The standard InChI is InChI=1S/C17H23N3O3S/c1-10-6-4-5-7-14(10)18-15(21)12(3)24-17-20-19-16(23-17)13-8-9-22-11(13)2/h8-10,12,14H,4-7H2,1-3H3,(H,18,21)/t10-,12-,14-/m0/s1. The number of aromatic nitrogens is 2. The van der Waals surface area contributed by atoms with Gasteiger partial charge in [0.05, 0.1) is 17.1 Å². The van der Waals surface area contributed by atoms with E-state index in [-0.39, 0.29) is 17.2 Å². The zero-order chi connectivity index (χ0) is 17.1. The minimum Gasteiger partial charge on any atom is -0.469 e. The SMILES string of the molecule is Cc1occc1-c1nnc(S[C@@H](C)C(=O)N[C@H]2CCCC[C@@H]2C)o1. The number of hydrogen-bond acceptors (Lipinski definition) is 6. The first-order valence-electron chi connectivity index (χ1n) is 8.39. The highest BCUT2D eigenvalue weighted by Gasteiger charge is 2.26. The lowest BCUT2D eigenvalue weighted by Crippen LogP contribution is -2.44. The highest BCUT2D eigenvalue weighted by atomic mass is 32.2. The quantitative estimate of drug-likeness (QED) is 0.827. The fourth-order valence-electron chi connectivity index (χ4n) is 3.01. The summed E-state index contributed by atoms with van der Waals surface area (Å²) in [5, 5.41) is 11.3. The highest BCUT2D eigenvalue weighted by molar-refractivity contribution is 8.00. The summed E-state index contributed by atoms with van der Waals surface area (Å²) in [5.41, 5.74) is 0.780. The summed E-state index contributed by atoms with van der Waals surface area (Å²) >= 11 is 1.28. The van der Waals surface area contributed by atoms with E-state index in [0.29, 0.717) is 17.0 Å². The summed E-state index contributed by atoms with van der Waals surface area (Å²) in [6.07, 6.45) is 6.28. The Morgan fingerprint density at radius 3 is 2.88 bits per heavy atom. The van der Waals surface area contributed by atoms with Crippen LogP contribution in [0.15, 0.2) is 26.4 Å². The Kier molecular flexibility index (Phi) is 5.28. The number of nitrogens with one attached hydrogen (secondary N) is 1. The van der Waals surface area contributed by atoms with Crippen LogP contribution in [0.25, 0.3) is 11.5 Å². The molecule has 0 aliphatic heterocycles. The number of furan rings is 1. The van der Waals surface area contributed by atoms with Crippen LogP contribution in [0.2, 0.25) is 0 Å². The summed E-state index contributed by atoms with van der Waals surface area (Å²) in [6, 6.07) is 2.07. The van der Waals surface area contributed by atoms with Gasteiger partial charge in [-0.3, -0.25) is 4.79 Å². The Morgan fingerprint density at radius 1 is 1.38 bits per heavy atom. The van der Waals surface area contributed by atoms with Crippen LogP contribution >= 0.6 is 11.8 Å². The van der Waals surface area contributed by atoms with Crippen molar-refractivity contribution in [3.8, 4) is 11.5 Å². The molecule has 1 fully saturated rings. The molecule has 0 spiro atoms. The van der Waals surface area contributed by atoms with Gasteiger partial charge in [-0.15, -0.1) is 10.2 Å². The van der Waals surface area contributed by atoms with Gasteiger partial charge in [-0.2, -0.15) is 0 Å². The van der Waals surface area contributed by atoms with Gasteiger partial charge < -0.3 is 14.2 Å². The third kappa shape index (κ3) is 3.83. The molecule has 1 N–H and O–H groups in total. The third-order valence-corrected chi connectivity index (χ3v) is 5.52. The summed E-state index contributed by atoms with van der Waals surface area (Å²) in [5.74, 6) is 1.71. The van der Waals surface area contributed by atoms with Crippen molar-refractivity contribution < 1.29 is 13.6 Å². The summed E-state index contributed by atoms with van der Waals surface area (Å²) in [6.45, 7) is 5.91. The molecule has 1 saturated carbocycles. The van der Waals surface area contributed by atoms with Crippen molar-refractivity contribution in [1.29, 1.82) is 0 Å². The van der Waals surface area contributed by atoms with Crippen molar-refractivity contribution in [3.63, 3.8) is 0 Å². The summed E-state index contributed by atoms with van der Waals surface area (Å²) in [4.78, 5) is 12.4. The molecule has 0 radical (unpaired) electrons. The fourth-order valence-corrected chi connectivity index (χ4v) is 3.70. The zero-order valence-corrected chi connectivity index (χ0v) is 15.1. The van der Waals surface area contributed by atoms with Gasteiger partial charge in [-0.25, -0.2) is 0 Å². The average Bonchev–Trinajstić information content (AvgIpc) is 3.18. The van der Waals surface area contributed by atoms with Gasteiger partial charge in [0.25, 0.3) is 11.1 Å². The van der Waals surface area contributed by atoms with Gasteiger partial charge in [-0.1, -0.05) is 31.5 Å². The first-order chi connectivity index (χ1) is 11.5. The molecular formula is C17H23N3O3S. The monoisotopic (exact) mass is 349 g/mol. The smallest absolute Gasteiger partial charge is 0.277 e. The molecule has 3 atom stereocenters. The second kappa shape index (κ2) is 7.42. The maximum Gasteiger partial charge on any atom is 0.277 e. The fraction of sp³-hybridized carbons (Fsp3) is 0.588. The molecule has 0 bridgehead atoms. The lowest BCUT2D eigenvalue weighted by Gasteiger charge is -2.30. The molecule has 1 aliphatic carbocycles. The molecule has 0 saturated heterocycles. The maximum atomic E-state index is 12.4. The Hall–Kier alpha value is -1.76. The van der Waals surface area contributed by atoms with E-state index in [1.807, 2.05) is 13.8 Å². The van der Waals surface area contributed by atoms with Crippen molar-refractivity contribution >= 4 is 17.7 Å². The van der Waals surface area contributed by atoms with E-state index in [2.05, 4.69) is 22.4 Å². The van der Waals surface area contributed by atoms with Crippen LogP contribution in [0, 0.1) is 12.8 Å². The molecule has 2 heterocycles. The molecular weight excluding hydrogens is 326 g/mol. The summed E-state index contributed by atoms with van der Waals surface area (Å²) < 4.78 is 10.9. The zero-order valence-electron chi connectivity index (χ0n) is 14.2. The second-order valence-corrected chi connectivity index (χ2v) is 7.69. The van der Waals surface area contributed by atoms with E-state index in [4.69, 9.17) is 8.83 Å². The van der Waals surface area contributed by atoms with Crippen LogP contribution in [0.1, 0.15) is 45.3 Å². The van der Waals surface area contributed by atoms with Crippen molar-refractivity contribution in [2.45, 2.75) is 63.0 Å². The number of aryl methyl sites for hydroxylation is 1. The predicted molar refractivity (Wildman–Crippen MR) is 91.6 cm³/mol. The second-order valence-electron chi connectivity index (χ2n) is 6.40. The van der Waals surface area contributed by atoms with Crippen LogP contribution in [0.4, 0.5) is 0 Å². The minimum atomic E-state index is -0.280. The molecule has 0 unspecified atom stereocenters. The van der Waals surface area contributed by atoms with Crippen LogP contribution in [-0.4, -0.2) is 27.4 Å². The molecule has 24 heavy (non-hydrogen) atoms. The van der Waals surface area contributed by atoms with E-state index < -0.39 is 0 Å². The van der Waals surface area contributed by atoms with Crippen molar-refractivity contribution in [3.05, 3.63) is 18.1 Å². The molecule has 3 rings (SSSR count). The number of nitrogens with zero attached hydrogens (tertiary/aromatic N) is 2. The Labute approximate surface area is 145 Å². The Morgan fingerprint density at radius 2 is 2.17 bits per heavy atom. The Bertz CT molecular complexity index is 697. The molecule has 130 valence electrons. The molecule has 1 amide bonds. The van der Waals surface area contributed by atoms with Gasteiger partial charge in [0.1, 0.15) is 5.76 Å². The lowest BCUT2D eigenvalue weighted by molar-refractivity contribution is -0.121. The van der Waals surface area contributed by atoms with E-state index in [1.165, 1.54) is 31.0 Å². The van der Waals surface area contributed by atoms with E-state index in [0.717, 1.165) is 17.7 Å². The number of amides is 1. The van der Waals surface area contributed by atoms with Gasteiger partial charge in [0.15, 0.2) is 0 Å². The maximum absolute atomic E-state index is 12.4. The van der Waals surface area contributed by atoms with Crippen LogP contribution in [-0.2, 0) is 4.79 Å². The van der Waals surface area contributed by atoms with Crippen LogP contribution in [0.3, 0.4) is 0 Å². The average molecular weight is 349 g/mol. The van der Waals surface area contributed by atoms with Gasteiger partial charge in [0, 0.05) is 6.04 Å². The molecule has 0 aromatic carbocycles. The normalized spacial score (nSPS) is 22.3. The number of rotatable bonds is 5. The van der Waals surface area contributed by atoms with Crippen molar-refractivity contribution in [2.75, 3.05) is 0 Å².